The summed E-state index contributed by atoms with van der Waals surface area (Å²) in [5.41, 5.74) is 1.27. The largest absolute Gasteiger partial charge is 0.507 e. The molecule has 0 fully saturated rings. The van der Waals surface area contributed by atoms with Gasteiger partial charge in [0.2, 0.25) is 0 Å². The average molecular weight is 469 g/mol. The maximum atomic E-state index is 12.1. The van der Waals surface area contributed by atoms with E-state index in [1.165, 1.54) is 12.1 Å². The molecule has 0 saturated heterocycles. The van der Waals surface area contributed by atoms with Crippen molar-refractivity contribution in [1.82, 2.24) is 0 Å². The molecular formula is C16H10BrIN2O2. The molecule has 0 aliphatic heterocycles. The van der Waals surface area contributed by atoms with E-state index >= 15 is 0 Å². The number of nitriles is 1. The molecule has 0 atom stereocenters. The number of carbonyl (C=O) groups is 1. The molecule has 4 nitrogen and oxygen atoms in total. The SMILES string of the molecule is N#C/C(=C/c1ccc(O)c(I)c1)C(=O)Nc1ccc(Br)cc1. The van der Waals surface area contributed by atoms with Gasteiger partial charge in [-0.1, -0.05) is 22.0 Å². The maximum absolute atomic E-state index is 12.1. The van der Waals surface area contributed by atoms with Crippen LogP contribution in [0.1, 0.15) is 5.56 Å². The molecule has 0 spiro atoms. The molecule has 2 rings (SSSR count). The van der Waals surface area contributed by atoms with Crippen molar-refractivity contribution in [3.8, 4) is 11.8 Å². The molecule has 0 saturated carbocycles. The zero-order valence-corrected chi connectivity index (χ0v) is 14.9. The van der Waals surface area contributed by atoms with E-state index in [0.29, 0.717) is 14.8 Å². The number of phenols is 1. The molecule has 0 unspecified atom stereocenters. The second-order valence-corrected chi connectivity index (χ2v) is 6.42. The number of hydrogen-bond donors (Lipinski definition) is 2. The highest BCUT2D eigenvalue weighted by Crippen LogP contribution is 2.22. The normalized spacial score (nSPS) is 10.9. The molecule has 0 radical (unpaired) electrons. The summed E-state index contributed by atoms with van der Waals surface area (Å²) in [7, 11) is 0. The first-order valence-electron chi connectivity index (χ1n) is 6.17. The van der Waals surface area contributed by atoms with Crippen LogP contribution in [-0.2, 0) is 4.79 Å². The van der Waals surface area contributed by atoms with E-state index in [-0.39, 0.29) is 11.3 Å². The standard InChI is InChI=1S/C16H10BrIN2O2/c17-12-2-4-13(5-3-12)20-16(22)11(9-19)7-10-1-6-15(21)14(18)8-10/h1-8,21H,(H,20,22)/b11-7-. The minimum absolute atomic E-state index is 0.00981. The monoisotopic (exact) mass is 468 g/mol. The number of rotatable bonds is 3. The van der Waals surface area contributed by atoms with Gasteiger partial charge in [0.25, 0.3) is 5.91 Å². The lowest BCUT2D eigenvalue weighted by Gasteiger charge is -2.05. The fourth-order valence-electron chi connectivity index (χ4n) is 1.66. The van der Waals surface area contributed by atoms with Gasteiger partial charge < -0.3 is 10.4 Å². The van der Waals surface area contributed by atoms with Crippen LogP contribution in [0.25, 0.3) is 6.08 Å². The van der Waals surface area contributed by atoms with E-state index in [1.807, 2.05) is 28.7 Å². The minimum atomic E-state index is -0.479. The molecule has 0 aliphatic rings. The lowest BCUT2D eigenvalue weighted by molar-refractivity contribution is -0.112. The first-order chi connectivity index (χ1) is 10.5. The van der Waals surface area contributed by atoms with Gasteiger partial charge in [-0.05, 0) is 70.6 Å². The summed E-state index contributed by atoms with van der Waals surface area (Å²) < 4.78 is 1.55. The molecule has 0 heterocycles. The quantitative estimate of drug-likeness (QED) is 0.400. The number of amides is 1. The minimum Gasteiger partial charge on any atom is -0.507 e. The Morgan fingerprint density at radius 1 is 1.27 bits per heavy atom. The summed E-state index contributed by atoms with van der Waals surface area (Å²) in [5.74, 6) is -0.316. The number of anilines is 1. The van der Waals surface area contributed by atoms with Crippen LogP contribution in [0.2, 0.25) is 0 Å². The van der Waals surface area contributed by atoms with Crippen LogP contribution < -0.4 is 5.32 Å². The van der Waals surface area contributed by atoms with Crippen molar-refractivity contribution in [3.63, 3.8) is 0 Å². The van der Waals surface area contributed by atoms with Gasteiger partial charge in [-0.3, -0.25) is 4.79 Å². The number of halogens is 2. The Morgan fingerprint density at radius 3 is 2.55 bits per heavy atom. The predicted molar refractivity (Wildman–Crippen MR) is 97.2 cm³/mol. The zero-order chi connectivity index (χ0) is 16.1. The zero-order valence-electron chi connectivity index (χ0n) is 11.2. The smallest absolute Gasteiger partial charge is 0.266 e. The van der Waals surface area contributed by atoms with Crippen LogP contribution in [0.15, 0.2) is 52.5 Å². The molecule has 2 aromatic carbocycles. The van der Waals surface area contributed by atoms with Gasteiger partial charge >= 0.3 is 0 Å². The second-order valence-electron chi connectivity index (χ2n) is 4.34. The van der Waals surface area contributed by atoms with Crippen molar-refractivity contribution >= 4 is 56.2 Å². The van der Waals surface area contributed by atoms with E-state index in [1.54, 1.807) is 36.4 Å². The molecular weight excluding hydrogens is 459 g/mol. The highest BCUT2D eigenvalue weighted by atomic mass is 127. The number of nitrogens with zero attached hydrogens (tertiary/aromatic N) is 1. The van der Waals surface area contributed by atoms with Gasteiger partial charge in [-0.2, -0.15) is 5.26 Å². The second kappa shape index (κ2) is 7.42. The number of aromatic hydroxyl groups is 1. The van der Waals surface area contributed by atoms with Crippen LogP contribution in [0.4, 0.5) is 5.69 Å². The number of phenolic OH excluding ortho intramolecular Hbond substituents is 1. The van der Waals surface area contributed by atoms with E-state index in [2.05, 4.69) is 21.2 Å². The Balaban J connectivity index is 2.21. The van der Waals surface area contributed by atoms with Crippen LogP contribution in [0, 0.1) is 14.9 Å². The van der Waals surface area contributed by atoms with Gasteiger partial charge in [-0.25, -0.2) is 0 Å². The third-order valence-electron chi connectivity index (χ3n) is 2.75. The fourth-order valence-corrected chi connectivity index (χ4v) is 2.46. The van der Waals surface area contributed by atoms with Crippen molar-refractivity contribution in [1.29, 1.82) is 5.26 Å². The van der Waals surface area contributed by atoms with Crippen molar-refractivity contribution in [2.24, 2.45) is 0 Å². The van der Waals surface area contributed by atoms with E-state index in [9.17, 15) is 9.90 Å². The highest BCUT2D eigenvalue weighted by Gasteiger charge is 2.10. The van der Waals surface area contributed by atoms with Crippen molar-refractivity contribution in [2.75, 3.05) is 5.32 Å². The molecule has 2 aromatic rings. The van der Waals surface area contributed by atoms with Gasteiger partial charge in [0, 0.05) is 10.2 Å². The van der Waals surface area contributed by atoms with E-state index in [4.69, 9.17) is 5.26 Å². The predicted octanol–water partition coefficient (Wildman–Crippen LogP) is 4.30. The first kappa shape index (κ1) is 16.5. The summed E-state index contributed by atoms with van der Waals surface area (Å²) in [6, 6.07) is 13.8. The lowest BCUT2D eigenvalue weighted by atomic mass is 10.1. The summed E-state index contributed by atoms with van der Waals surface area (Å²) >= 11 is 5.29. The summed E-state index contributed by atoms with van der Waals surface area (Å²) in [5, 5.41) is 21.3. The Bertz CT molecular complexity index is 780. The van der Waals surface area contributed by atoms with Crippen molar-refractivity contribution in [2.45, 2.75) is 0 Å². The maximum Gasteiger partial charge on any atom is 0.266 e. The van der Waals surface area contributed by atoms with Gasteiger partial charge in [0.15, 0.2) is 0 Å². The molecule has 1 amide bonds. The van der Waals surface area contributed by atoms with Crippen LogP contribution >= 0.6 is 38.5 Å². The Hall–Kier alpha value is -1.85. The number of benzene rings is 2. The third-order valence-corrected chi connectivity index (χ3v) is 4.14. The highest BCUT2D eigenvalue weighted by molar-refractivity contribution is 14.1. The number of hydrogen-bond acceptors (Lipinski definition) is 3. The molecule has 0 aliphatic carbocycles. The first-order valence-corrected chi connectivity index (χ1v) is 8.04. The van der Waals surface area contributed by atoms with Gasteiger partial charge in [-0.15, -0.1) is 0 Å². The Kier molecular flexibility index (Phi) is 5.57. The van der Waals surface area contributed by atoms with Crippen LogP contribution in [-0.4, -0.2) is 11.0 Å². The van der Waals surface area contributed by atoms with Crippen LogP contribution in [0.3, 0.4) is 0 Å². The molecule has 110 valence electrons. The summed E-state index contributed by atoms with van der Waals surface area (Å²) in [4.78, 5) is 12.1. The van der Waals surface area contributed by atoms with Gasteiger partial charge in [0.05, 0.1) is 3.57 Å². The van der Waals surface area contributed by atoms with E-state index < -0.39 is 5.91 Å². The molecule has 22 heavy (non-hydrogen) atoms. The summed E-state index contributed by atoms with van der Waals surface area (Å²) in [6.45, 7) is 0. The summed E-state index contributed by atoms with van der Waals surface area (Å²) in [6.07, 6.45) is 1.48. The number of nitrogens with one attached hydrogen (secondary N) is 1. The molecule has 6 heteroatoms. The molecule has 0 bridgehead atoms. The molecule has 0 aromatic heterocycles. The van der Waals surface area contributed by atoms with Crippen LogP contribution in [0.5, 0.6) is 5.75 Å². The topological polar surface area (TPSA) is 73.1 Å². The van der Waals surface area contributed by atoms with Crippen molar-refractivity contribution < 1.29 is 9.90 Å². The fraction of sp³-hybridized carbons (Fsp3) is 0. The molecule has 2 N–H and O–H groups in total. The lowest BCUT2D eigenvalue weighted by Crippen LogP contribution is -2.13. The van der Waals surface area contributed by atoms with Crippen molar-refractivity contribution in [3.05, 3.63) is 61.6 Å². The number of carbonyl (C=O) groups excluding carboxylic acids is 1. The average Bonchev–Trinajstić information content (AvgIpc) is 2.50. The Labute approximate surface area is 149 Å². The Morgan fingerprint density at radius 2 is 1.95 bits per heavy atom. The third kappa shape index (κ3) is 4.32. The van der Waals surface area contributed by atoms with Gasteiger partial charge in [0.1, 0.15) is 17.4 Å². The van der Waals surface area contributed by atoms with E-state index in [0.717, 1.165) is 4.47 Å².